The van der Waals surface area contributed by atoms with Crippen LogP contribution < -0.4 is 9.47 Å². The number of carbonyl (C=O) groups excluding carboxylic acids is 1. The molecule has 0 amide bonds. The van der Waals surface area contributed by atoms with Crippen LogP contribution in [0.15, 0.2) is 18.2 Å². The molecule has 0 fully saturated rings. The number of Topliss-reactive ketones (excluding diaryl/α,β-unsaturated/α-hetero) is 1. The predicted octanol–water partition coefficient (Wildman–Crippen LogP) is 4.77. The van der Waals surface area contributed by atoms with Gasteiger partial charge in [-0.05, 0) is 49.8 Å². The Balaban J connectivity index is 0.000000763. The summed E-state index contributed by atoms with van der Waals surface area (Å²) < 4.78 is 10.9. The first-order valence-corrected chi connectivity index (χ1v) is 9.26. The number of ketones is 1. The SMILES string of the molecule is CCCSC.CCc1ccc(OCCCC(C)=O)cc1OC. The maximum Gasteiger partial charge on any atom is 0.129 e. The van der Waals surface area contributed by atoms with E-state index >= 15 is 0 Å². The second kappa shape index (κ2) is 13.5. The molecule has 0 radical (unpaired) electrons. The fourth-order valence-corrected chi connectivity index (χ4v) is 2.23. The standard InChI is InChI=1S/C14H20O3.C4H10S/c1-4-12-7-8-13(10-14(12)16-3)17-9-5-6-11(2)15;1-3-4-5-2/h7-8,10H,4-6,9H2,1-3H3;3-4H2,1-2H3. The summed E-state index contributed by atoms with van der Waals surface area (Å²) in [6, 6.07) is 5.85. The van der Waals surface area contributed by atoms with Crippen LogP contribution in [0.25, 0.3) is 0 Å². The number of rotatable bonds is 9. The molecule has 0 aliphatic rings. The van der Waals surface area contributed by atoms with Crippen molar-refractivity contribution >= 4 is 17.5 Å². The molecule has 126 valence electrons. The molecule has 0 unspecified atom stereocenters. The lowest BCUT2D eigenvalue weighted by atomic mass is 10.1. The molecule has 0 aliphatic carbocycles. The molecule has 0 atom stereocenters. The highest BCUT2D eigenvalue weighted by molar-refractivity contribution is 7.98. The Kier molecular flexibility index (Phi) is 12.8. The van der Waals surface area contributed by atoms with Gasteiger partial charge in [0.2, 0.25) is 0 Å². The summed E-state index contributed by atoms with van der Waals surface area (Å²) in [4.78, 5) is 10.8. The third-order valence-electron chi connectivity index (χ3n) is 2.99. The molecular weight excluding hydrogens is 296 g/mol. The van der Waals surface area contributed by atoms with Crippen LogP contribution in [0.5, 0.6) is 11.5 Å². The molecule has 1 aromatic rings. The van der Waals surface area contributed by atoms with Crippen LogP contribution in [0.3, 0.4) is 0 Å². The third-order valence-corrected chi connectivity index (χ3v) is 3.81. The van der Waals surface area contributed by atoms with E-state index in [0.29, 0.717) is 13.0 Å². The van der Waals surface area contributed by atoms with Gasteiger partial charge >= 0.3 is 0 Å². The average molecular weight is 327 g/mol. The number of thioether (sulfide) groups is 1. The van der Waals surface area contributed by atoms with Crippen LogP contribution in [0.4, 0.5) is 0 Å². The van der Waals surface area contributed by atoms with Gasteiger partial charge in [0.15, 0.2) is 0 Å². The Morgan fingerprint density at radius 3 is 2.45 bits per heavy atom. The zero-order valence-electron chi connectivity index (χ0n) is 14.6. The lowest BCUT2D eigenvalue weighted by molar-refractivity contribution is -0.117. The number of hydrogen-bond donors (Lipinski definition) is 0. The lowest BCUT2D eigenvalue weighted by Crippen LogP contribution is -2.01. The molecule has 0 spiro atoms. The van der Waals surface area contributed by atoms with Gasteiger partial charge in [-0.3, -0.25) is 0 Å². The van der Waals surface area contributed by atoms with Gasteiger partial charge in [-0.2, -0.15) is 11.8 Å². The summed E-state index contributed by atoms with van der Waals surface area (Å²) in [5, 5.41) is 0. The maximum atomic E-state index is 10.8. The van der Waals surface area contributed by atoms with Gasteiger partial charge in [0, 0.05) is 12.5 Å². The number of hydrogen-bond acceptors (Lipinski definition) is 4. The van der Waals surface area contributed by atoms with Crippen molar-refractivity contribution in [3.8, 4) is 11.5 Å². The topological polar surface area (TPSA) is 35.5 Å². The van der Waals surface area contributed by atoms with Crippen LogP contribution >= 0.6 is 11.8 Å². The van der Waals surface area contributed by atoms with E-state index < -0.39 is 0 Å². The second-order valence-electron chi connectivity index (χ2n) is 4.97. The van der Waals surface area contributed by atoms with Crippen molar-refractivity contribution < 1.29 is 14.3 Å². The molecule has 22 heavy (non-hydrogen) atoms. The first kappa shape index (κ1) is 20.8. The molecule has 3 nitrogen and oxygen atoms in total. The minimum absolute atomic E-state index is 0.201. The maximum absolute atomic E-state index is 10.8. The van der Waals surface area contributed by atoms with Crippen molar-refractivity contribution in [2.75, 3.05) is 25.7 Å². The molecular formula is C18H30O3S. The monoisotopic (exact) mass is 326 g/mol. The van der Waals surface area contributed by atoms with Crippen molar-refractivity contribution in [3.63, 3.8) is 0 Å². The Morgan fingerprint density at radius 2 is 2.00 bits per heavy atom. The van der Waals surface area contributed by atoms with E-state index in [9.17, 15) is 4.79 Å². The van der Waals surface area contributed by atoms with Gasteiger partial charge in [-0.1, -0.05) is 19.9 Å². The summed E-state index contributed by atoms with van der Waals surface area (Å²) in [5.41, 5.74) is 1.17. The molecule has 0 N–H and O–H groups in total. The van der Waals surface area contributed by atoms with Crippen LogP contribution in [0, 0.1) is 0 Å². The van der Waals surface area contributed by atoms with E-state index in [1.807, 2.05) is 30.0 Å². The van der Waals surface area contributed by atoms with Gasteiger partial charge in [-0.15, -0.1) is 0 Å². The zero-order chi connectivity index (χ0) is 16.8. The smallest absolute Gasteiger partial charge is 0.129 e. The van der Waals surface area contributed by atoms with Gasteiger partial charge in [0.05, 0.1) is 13.7 Å². The van der Waals surface area contributed by atoms with Crippen molar-refractivity contribution in [1.82, 2.24) is 0 Å². The van der Waals surface area contributed by atoms with Crippen LogP contribution in [0.1, 0.15) is 45.6 Å². The van der Waals surface area contributed by atoms with Crippen molar-refractivity contribution in [3.05, 3.63) is 23.8 Å². The van der Waals surface area contributed by atoms with E-state index in [4.69, 9.17) is 9.47 Å². The van der Waals surface area contributed by atoms with Gasteiger partial charge in [-0.25, -0.2) is 0 Å². The minimum Gasteiger partial charge on any atom is -0.496 e. The number of methoxy groups -OCH3 is 1. The van der Waals surface area contributed by atoms with Crippen molar-refractivity contribution in [2.45, 2.75) is 46.5 Å². The zero-order valence-corrected chi connectivity index (χ0v) is 15.4. The highest BCUT2D eigenvalue weighted by atomic mass is 32.2. The third kappa shape index (κ3) is 9.72. The number of ether oxygens (including phenoxy) is 2. The van der Waals surface area contributed by atoms with Gasteiger partial charge < -0.3 is 14.3 Å². The first-order valence-electron chi connectivity index (χ1n) is 7.87. The second-order valence-corrected chi connectivity index (χ2v) is 5.96. The molecule has 1 aromatic carbocycles. The summed E-state index contributed by atoms with van der Waals surface area (Å²) in [6.07, 6.45) is 5.70. The molecule has 1 rings (SSSR count). The molecule has 0 aromatic heterocycles. The molecule has 0 aliphatic heterocycles. The summed E-state index contributed by atoms with van der Waals surface area (Å²) in [6.45, 7) is 6.44. The Hall–Kier alpha value is -1.16. The molecule has 0 heterocycles. The van der Waals surface area contributed by atoms with E-state index in [-0.39, 0.29) is 5.78 Å². The Bertz CT molecular complexity index is 417. The summed E-state index contributed by atoms with van der Waals surface area (Å²) in [7, 11) is 1.66. The predicted molar refractivity (Wildman–Crippen MR) is 96.5 cm³/mol. The first-order chi connectivity index (χ1) is 10.6. The lowest BCUT2D eigenvalue weighted by Gasteiger charge is -2.10. The van der Waals surface area contributed by atoms with Crippen molar-refractivity contribution in [2.24, 2.45) is 0 Å². The van der Waals surface area contributed by atoms with Crippen molar-refractivity contribution in [1.29, 1.82) is 0 Å². The summed E-state index contributed by atoms with van der Waals surface area (Å²) >= 11 is 1.90. The molecule has 0 saturated carbocycles. The quantitative estimate of drug-likeness (QED) is 0.613. The van der Waals surface area contributed by atoms with Crippen LogP contribution in [-0.2, 0) is 11.2 Å². The number of carbonyl (C=O) groups is 1. The fraction of sp³-hybridized carbons (Fsp3) is 0.611. The van der Waals surface area contributed by atoms with E-state index in [2.05, 4.69) is 20.1 Å². The Morgan fingerprint density at radius 1 is 1.27 bits per heavy atom. The number of aryl methyl sites for hydroxylation is 1. The van der Waals surface area contributed by atoms with E-state index in [1.54, 1.807) is 14.0 Å². The fourth-order valence-electron chi connectivity index (χ4n) is 1.82. The molecule has 4 heteroatoms. The average Bonchev–Trinajstić information content (AvgIpc) is 2.52. The van der Waals surface area contributed by atoms with E-state index in [0.717, 1.165) is 24.3 Å². The largest absolute Gasteiger partial charge is 0.496 e. The summed E-state index contributed by atoms with van der Waals surface area (Å²) in [5.74, 6) is 3.16. The van der Waals surface area contributed by atoms with E-state index in [1.165, 1.54) is 17.7 Å². The van der Waals surface area contributed by atoms with Gasteiger partial charge in [0.1, 0.15) is 17.3 Å². The molecule has 0 saturated heterocycles. The van der Waals surface area contributed by atoms with Crippen LogP contribution in [-0.4, -0.2) is 31.5 Å². The normalized spacial score (nSPS) is 9.68. The highest BCUT2D eigenvalue weighted by Crippen LogP contribution is 2.25. The molecule has 0 bridgehead atoms. The Labute approximate surface area is 139 Å². The highest BCUT2D eigenvalue weighted by Gasteiger charge is 2.03. The van der Waals surface area contributed by atoms with Gasteiger partial charge in [0.25, 0.3) is 0 Å². The number of benzene rings is 1. The van der Waals surface area contributed by atoms with Crippen LogP contribution in [0.2, 0.25) is 0 Å². The minimum atomic E-state index is 0.201.